The van der Waals surface area contributed by atoms with Gasteiger partial charge in [0.1, 0.15) is 11.5 Å². The largest absolute Gasteiger partial charge is 0.320 e. The van der Waals surface area contributed by atoms with E-state index in [4.69, 9.17) is 0 Å². The molecule has 0 aliphatic rings. The van der Waals surface area contributed by atoms with Gasteiger partial charge in [0.15, 0.2) is 0 Å². The van der Waals surface area contributed by atoms with Crippen LogP contribution in [0.1, 0.15) is 10.5 Å². The van der Waals surface area contributed by atoms with Crippen LogP contribution < -0.4 is 5.32 Å². The van der Waals surface area contributed by atoms with Gasteiger partial charge in [-0.2, -0.15) is 0 Å². The monoisotopic (exact) mass is 294 g/mol. The maximum absolute atomic E-state index is 13.0. The first-order valence-corrected chi connectivity index (χ1v) is 5.63. The first-order valence-electron chi connectivity index (χ1n) is 4.84. The molecule has 1 amide bonds. The van der Waals surface area contributed by atoms with Gasteiger partial charge in [0.05, 0.1) is 5.69 Å². The second-order valence-corrected chi connectivity index (χ2v) is 4.15. The number of nitrogens with one attached hydrogen (secondary N) is 1. The second-order valence-electron chi connectivity index (χ2n) is 3.29. The van der Waals surface area contributed by atoms with Gasteiger partial charge in [-0.1, -0.05) is 6.07 Å². The third kappa shape index (κ3) is 2.88. The first-order chi connectivity index (χ1) is 8.16. The van der Waals surface area contributed by atoms with Crippen LogP contribution in [0.5, 0.6) is 0 Å². The van der Waals surface area contributed by atoms with Gasteiger partial charge in [-0.15, -0.1) is 0 Å². The molecular weight excluding hydrogens is 287 g/mol. The van der Waals surface area contributed by atoms with Crippen molar-refractivity contribution in [3.63, 3.8) is 0 Å². The smallest absolute Gasteiger partial charge is 0.274 e. The Morgan fingerprint density at radius 2 is 2.12 bits per heavy atom. The molecule has 1 heterocycles. The highest BCUT2D eigenvalue weighted by Crippen LogP contribution is 2.23. The summed E-state index contributed by atoms with van der Waals surface area (Å²) in [5, 5.41) is 2.58. The number of amides is 1. The van der Waals surface area contributed by atoms with Gasteiger partial charge in [0.2, 0.25) is 0 Å². The average molecular weight is 295 g/mol. The lowest BCUT2D eigenvalue weighted by Gasteiger charge is -2.06. The summed E-state index contributed by atoms with van der Waals surface area (Å²) in [5.41, 5.74) is 0.657. The highest BCUT2D eigenvalue weighted by Gasteiger charge is 2.09. The van der Waals surface area contributed by atoms with E-state index in [0.717, 1.165) is 0 Å². The van der Waals surface area contributed by atoms with Crippen LogP contribution in [0.25, 0.3) is 0 Å². The van der Waals surface area contributed by atoms with Crippen LogP contribution in [0, 0.1) is 5.82 Å². The predicted molar refractivity (Wildman–Crippen MR) is 66.3 cm³/mol. The van der Waals surface area contributed by atoms with Crippen LogP contribution in [-0.2, 0) is 0 Å². The van der Waals surface area contributed by atoms with Gasteiger partial charge in [0, 0.05) is 10.7 Å². The van der Waals surface area contributed by atoms with Crippen LogP contribution in [0.3, 0.4) is 0 Å². The van der Waals surface area contributed by atoms with Crippen molar-refractivity contribution >= 4 is 27.5 Å². The summed E-state index contributed by atoms with van der Waals surface area (Å²) in [7, 11) is 0. The van der Waals surface area contributed by atoms with Crippen LogP contribution in [0.2, 0.25) is 0 Å². The molecule has 0 saturated heterocycles. The summed E-state index contributed by atoms with van der Waals surface area (Å²) in [4.78, 5) is 15.7. The standard InChI is InChI=1S/C12H8BrFN2O/c13-9-5-4-8(14)7-11(9)16-12(17)10-3-1-2-6-15-10/h1-7H,(H,16,17). The number of hydrogen-bond donors (Lipinski definition) is 1. The van der Waals surface area contributed by atoms with E-state index in [1.165, 1.54) is 24.4 Å². The quantitative estimate of drug-likeness (QED) is 0.924. The molecule has 0 saturated carbocycles. The summed E-state index contributed by atoms with van der Waals surface area (Å²) < 4.78 is 13.6. The van der Waals surface area contributed by atoms with Gasteiger partial charge in [-0.05, 0) is 46.3 Å². The first kappa shape index (κ1) is 11.7. The minimum absolute atomic E-state index is 0.281. The second kappa shape index (κ2) is 5.05. The molecule has 0 atom stereocenters. The third-order valence-electron chi connectivity index (χ3n) is 2.07. The maximum Gasteiger partial charge on any atom is 0.274 e. The summed E-state index contributed by atoms with van der Waals surface area (Å²) >= 11 is 3.23. The minimum atomic E-state index is -0.412. The fourth-order valence-corrected chi connectivity index (χ4v) is 1.62. The number of benzene rings is 1. The Morgan fingerprint density at radius 1 is 1.29 bits per heavy atom. The molecule has 1 aromatic carbocycles. The third-order valence-corrected chi connectivity index (χ3v) is 2.77. The van der Waals surface area contributed by atoms with Crippen molar-refractivity contribution in [1.82, 2.24) is 4.98 Å². The Hall–Kier alpha value is -1.75. The van der Waals surface area contributed by atoms with E-state index in [9.17, 15) is 9.18 Å². The molecule has 2 rings (SSSR count). The van der Waals surface area contributed by atoms with Crippen LogP contribution in [0.4, 0.5) is 10.1 Å². The summed E-state index contributed by atoms with van der Waals surface area (Å²) in [6.07, 6.45) is 1.52. The Labute approximate surface area is 106 Å². The Kier molecular flexibility index (Phi) is 3.49. The SMILES string of the molecule is O=C(Nc1cc(F)ccc1Br)c1ccccn1. The molecular formula is C12H8BrFN2O. The molecule has 0 aliphatic heterocycles. The van der Waals surface area contributed by atoms with Crippen LogP contribution in [-0.4, -0.2) is 10.9 Å². The molecule has 86 valence electrons. The fourth-order valence-electron chi connectivity index (χ4n) is 1.28. The molecule has 1 aromatic heterocycles. The van der Waals surface area contributed by atoms with Gasteiger partial charge >= 0.3 is 0 Å². The lowest BCUT2D eigenvalue weighted by molar-refractivity contribution is 0.102. The highest BCUT2D eigenvalue weighted by molar-refractivity contribution is 9.10. The Morgan fingerprint density at radius 3 is 2.82 bits per heavy atom. The molecule has 0 spiro atoms. The normalized spacial score (nSPS) is 10.0. The summed E-state index contributed by atoms with van der Waals surface area (Å²) in [6, 6.07) is 9.09. The molecule has 3 nitrogen and oxygen atoms in total. The summed E-state index contributed by atoms with van der Waals surface area (Å²) in [5.74, 6) is -0.790. The van der Waals surface area contributed by atoms with Crippen molar-refractivity contribution in [1.29, 1.82) is 0 Å². The predicted octanol–water partition coefficient (Wildman–Crippen LogP) is 3.24. The molecule has 1 N–H and O–H groups in total. The number of aromatic nitrogens is 1. The number of halogens is 2. The van der Waals surface area contributed by atoms with Crippen molar-refractivity contribution in [2.75, 3.05) is 5.32 Å². The van der Waals surface area contributed by atoms with E-state index in [-0.39, 0.29) is 11.6 Å². The van der Waals surface area contributed by atoms with Gasteiger partial charge in [0.25, 0.3) is 5.91 Å². The number of hydrogen-bond acceptors (Lipinski definition) is 2. The van der Waals surface area contributed by atoms with Crippen molar-refractivity contribution in [2.24, 2.45) is 0 Å². The molecule has 0 fully saturated rings. The molecule has 0 radical (unpaired) electrons. The summed E-state index contributed by atoms with van der Waals surface area (Å²) in [6.45, 7) is 0. The Balaban J connectivity index is 2.22. The lowest BCUT2D eigenvalue weighted by Crippen LogP contribution is -2.13. The number of anilines is 1. The molecule has 0 bridgehead atoms. The number of pyridine rings is 1. The van der Waals surface area contributed by atoms with Crippen molar-refractivity contribution < 1.29 is 9.18 Å². The topological polar surface area (TPSA) is 42.0 Å². The minimum Gasteiger partial charge on any atom is -0.320 e. The van der Waals surface area contributed by atoms with E-state index < -0.39 is 5.82 Å². The van der Waals surface area contributed by atoms with E-state index in [1.54, 1.807) is 18.2 Å². The highest BCUT2D eigenvalue weighted by atomic mass is 79.9. The van der Waals surface area contributed by atoms with Gasteiger partial charge in [-0.25, -0.2) is 4.39 Å². The van der Waals surface area contributed by atoms with Crippen LogP contribution in [0.15, 0.2) is 47.1 Å². The van der Waals surface area contributed by atoms with Crippen molar-refractivity contribution in [2.45, 2.75) is 0 Å². The molecule has 5 heteroatoms. The fraction of sp³-hybridized carbons (Fsp3) is 0. The average Bonchev–Trinajstić information content (AvgIpc) is 2.35. The van der Waals surface area contributed by atoms with Gasteiger partial charge < -0.3 is 5.32 Å². The van der Waals surface area contributed by atoms with E-state index in [1.807, 2.05) is 0 Å². The zero-order valence-corrected chi connectivity index (χ0v) is 10.2. The molecule has 17 heavy (non-hydrogen) atoms. The molecule has 2 aromatic rings. The lowest BCUT2D eigenvalue weighted by atomic mass is 10.3. The maximum atomic E-state index is 13.0. The number of carbonyl (C=O) groups is 1. The number of carbonyl (C=O) groups excluding carboxylic acids is 1. The zero-order valence-electron chi connectivity index (χ0n) is 8.65. The number of rotatable bonds is 2. The van der Waals surface area contributed by atoms with Crippen molar-refractivity contribution in [3.05, 3.63) is 58.6 Å². The number of nitrogens with zero attached hydrogens (tertiary/aromatic N) is 1. The van der Waals surface area contributed by atoms with E-state index >= 15 is 0 Å². The van der Waals surface area contributed by atoms with Crippen molar-refractivity contribution in [3.8, 4) is 0 Å². The van der Waals surface area contributed by atoms with E-state index in [2.05, 4.69) is 26.2 Å². The zero-order chi connectivity index (χ0) is 12.3. The molecule has 0 unspecified atom stereocenters. The van der Waals surface area contributed by atoms with E-state index in [0.29, 0.717) is 10.2 Å². The molecule has 0 aliphatic carbocycles. The van der Waals surface area contributed by atoms with Crippen LogP contribution >= 0.6 is 15.9 Å². The van der Waals surface area contributed by atoms with Gasteiger partial charge in [-0.3, -0.25) is 9.78 Å². The Bertz CT molecular complexity index is 545.